The maximum absolute atomic E-state index is 12.5. The van der Waals surface area contributed by atoms with Crippen LogP contribution in [0.4, 0.5) is 0 Å². The molecule has 2 unspecified atom stereocenters. The van der Waals surface area contributed by atoms with Gasteiger partial charge < -0.3 is 10.6 Å². The van der Waals surface area contributed by atoms with Crippen molar-refractivity contribution in [3.63, 3.8) is 0 Å². The second kappa shape index (κ2) is 6.53. The third-order valence-corrected chi connectivity index (χ3v) is 4.69. The Kier molecular flexibility index (Phi) is 4.99. The first kappa shape index (κ1) is 14.5. The van der Waals surface area contributed by atoms with Crippen LogP contribution >= 0.6 is 11.3 Å². The van der Waals surface area contributed by atoms with Crippen molar-refractivity contribution in [1.29, 1.82) is 0 Å². The van der Waals surface area contributed by atoms with E-state index in [1.54, 1.807) is 11.3 Å². The van der Waals surface area contributed by atoms with E-state index in [0.29, 0.717) is 0 Å². The van der Waals surface area contributed by atoms with Gasteiger partial charge in [0.2, 0.25) is 5.91 Å². The van der Waals surface area contributed by atoms with Crippen molar-refractivity contribution >= 4 is 17.2 Å². The highest BCUT2D eigenvalue weighted by Crippen LogP contribution is 2.31. The number of hydrogen-bond acceptors (Lipinski definition) is 3. The van der Waals surface area contributed by atoms with Gasteiger partial charge in [-0.05, 0) is 55.1 Å². The zero-order valence-electron chi connectivity index (χ0n) is 11.9. The maximum Gasteiger partial charge on any atom is 0.227 e. The van der Waals surface area contributed by atoms with E-state index in [0.717, 1.165) is 38.8 Å². The summed E-state index contributed by atoms with van der Waals surface area (Å²) in [6.07, 6.45) is 3.94. The molecule has 4 heteroatoms. The van der Waals surface area contributed by atoms with Crippen molar-refractivity contribution in [2.24, 2.45) is 5.41 Å². The molecule has 0 saturated carbocycles. The molecule has 2 atom stereocenters. The van der Waals surface area contributed by atoms with Gasteiger partial charge in [0.05, 0.1) is 5.41 Å². The third-order valence-electron chi connectivity index (χ3n) is 3.95. The fourth-order valence-corrected chi connectivity index (χ4v) is 3.61. The quantitative estimate of drug-likeness (QED) is 0.841. The molecule has 1 amide bonds. The highest BCUT2D eigenvalue weighted by atomic mass is 32.1. The van der Waals surface area contributed by atoms with E-state index in [4.69, 9.17) is 0 Å². The van der Waals surface area contributed by atoms with Crippen LogP contribution in [-0.4, -0.2) is 25.0 Å². The van der Waals surface area contributed by atoms with Gasteiger partial charge in [-0.1, -0.05) is 13.3 Å². The number of amides is 1. The summed E-state index contributed by atoms with van der Waals surface area (Å²) in [6.45, 7) is 6.05. The Hall–Kier alpha value is -0.870. The molecule has 2 rings (SSSR count). The SMILES string of the molecule is CCCC1(C(=O)NC(C)Cc2ccsc2)CCNC1. The van der Waals surface area contributed by atoms with Crippen LogP contribution in [0.3, 0.4) is 0 Å². The maximum atomic E-state index is 12.5. The second-order valence-corrected chi connectivity index (χ2v) is 6.45. The van der Waals surface area contributed by atoms with Gasteiger partial charge in [-0.15, -0.1) is 0 Å². The molecule has 1 fully saturated rings. The molecule has 19 heavy (non-hydrogen) atoms. The van der Waals surface area contributed by atoms with Gasteiger partial charge in [0.1, 0.15) is 0 Å². The van der Waals surface area contributed by atoms with Crippen LogP contribution in [0, 0.1) is 5.41 Å². The van der Waals surface area contributed by atoms with Gasteiger partial charge in [-0.2, -0.15) is 11.3 Å². The molecule has 1 aliphatic heterocycles. The predicted octanol–water partition coefficient (Wildman–Crippen LogP) is 2.58. The zero-order valence-corrected chi connectivity index (χ0v) is 12.7. The summed E-state index contributed by atoms with van der Waals surface area (Å²) >= 11 is 1.71. The van der Waals surface area contributed by atoms with Gasteiger partial charge in [-0.25, -0.2) is 0 Å². The summed E-state index contributed by atoms with van der Waals surface area (Å²) in [7, 11) is 0. The molecule has 1 aromatic rings. The molecule has 0 bridgehead atoms. The number of carbonyl (C=O) groups is 1. The van der Waals surface area contributed by atoms with E-state index >= 15 is 0 Å². The summed E-state index contributed by atoms with van der Waals surface area (Å²) in [4.78, 5) is 12.5. The lowest BCUT2D eigenvalue weighted by Gasteiger charge is -2.28. The first-order valence-electron chi connectivity index (χ1n) is 7.19. The standard InChI is InChI=1S/C15H24N2OS/c1-3-5-15(6-7-16-11-15)14(18)17-12(2)9-13-4-8-19-10-13/h4,8,10,12,16H,3,5-7,9,11H2,1-2H3,(H,17,18). The monoisotopic (exact) mass is 280 g/mol. The Morgan fingerprint density at radius 3 is 3.05 bits per heavy atom. The molecule has 0 radical (unpaired) electrons. The second-order valence-electron chi connectivity index (χ2n) is 5.67. The number of nitrogens with one attached hydrogen (secondary N) is 2. The van der Waals surface area contributed by atoms with E-state index < -0.39 is 0 Å². The summed E-state index contributed by atoms with van der Waals surface area (Å²) in [5.74, 6) is 0.238. The number of rotatable bonds is 6. The van der Waals surface area contributed by atoms with Crippen molar-refractivity contribution < 1.29 is 4.79 Å². The molecule has 2 heterocycles. The van der Waals surface area contributed by atoms with Gasteiger partial charge in [-0.3, -0.25) is 4.79 Å². The summed E-state index contributed by atoms with van der Waals surface area (Å²) < 4.78 is 0. The van der Waals surface area contributed by atoms with E-state index in [1.165, 1.54) is 5.56 Å². The van der Waals surface area contributed by atoms with Crippen molar-refractivity contribution in [2.45, 2.75) is 45.6 Å². The Labute approximate surface area is 119 Å². The van der Waals surface area contributed by atoms with Crippen LogP contribution in [-0.2, 0) is 11.2 Å². The number of thiophene rings is 1. The number of hydrogen-bond donors (Lipinski definition) is 2. The van der Waals surface area contributed by atoms with Crippen molar-refractivity contribution in [3.05, 3.63) is 22.4 Å². The van der Waals surface area contributed by atoms with Crippen LogP contribution in [0.5, 0.6) is 0 Å². The molecule has 0 spiro atoms. The Morgan fingerprint density at radius 1 is 1.63 bits per heavy atom. The predicted molar refractivity (Wildman–Crippen MR) is 80.5 cm³/mol. The third kappa shape index (κ3) is 3.57. The smallest absolute Gasteiger partial charge is 0.227 e. The van der Waals surface area contributed by atoms with E-state index in [2.05, 4.69) is 41.3 Å². The lowest BCUT2D eigenvalue weighted by Crippen LogP contribution is -2.46. The van der Waals surface area contributed by atoms with Crippen LogP contribution < -0.4 is 10.6 Å². The Morgan fingerprint density at radius 2 is 2.47 bits per heavy atom. The van der Waals surface area contributed by atoms with Gasteiger partial charge in [0, 0.05) is 12.6 Å². The summed E-state index contributed by atoms with van der Waals surface area (Å²) in [5, 5.41) is 10.8. The van der Waals surface area contributed by atoms with E-state index in [9.17, 15) is 4.79 Å². The summed E-state index contributed by atoms with van der Waals surface area (Å²) in [5.41, 5.74) is 1.14. The Balaban J connectivity index is 1.91. The minimum atomic E-state index is -0.169. The zero-order chi connectivity index (χ0) is 13.7. The van der Waals surface area contributed by atoms with Crippen LogP contribution in [0.2, 0.25) is 0 Å². The average molecular weight is 280 g/mol. The highest BCUT2D eigenvalue weighted by Gasteiger charge is 2.40. The molecular weight excluding hydrogens is 256 g/mol. The lowest BCUT2D eigenvalue weighted by molar-refractivity contribution is -0.131. The molecule has 0 aliphatic carbocycles. The van der Waals surface area contributed by atoms with Gasteiger partial charge in [0.25, 0.3) is 0 Å². The molecule has 1 aliphatic rings. The van der Waals surface area contributed by atoms with Crippen molar-refractivity contribution in [1.82, 2.24) is 10.6 Å². The van der Waals surface area contributed by atoms with E-state index in [1.807, 2.05) is 0 Å². The van der Waals surface area contributed by atoms with Crippen LogP contribution in [0.1, 0.15) is 38.7 Å². The fraction of sp³-hybridized carbons (Fsp3) is 0.667. The average Bonchev–Trinajstić information content (AvgIpc) is 3.01. The first-order valence-corrected chi connectivity index (χ1v) is 8.13. The lowest BCUT2D eigenvalue weighted by atomic mass is 9.81. The first-order chi connectivity index (χ1) is 9.16. The van der Waals surface area contributed by atoms with Crippen molar-refractivity contribution in [2.75, 3.05) is 13.1 Å². The molecule has 1 aromatic heterocycles. The molecule has 1 saturated heterocycles. The summed E-state index contributed by atoms with van der Waals surface area (Å²) in [6, 6.07) is 2.34. The minimum Gasteiger partial charge on any atom is -0.353 e. The molecular formula is C15H24N2OS. The normalized spacial score (nSPS) is 24.3. The van der Waals surface area contributed by atoms with Gasteiger partial charge >= 0.3 is 0 Å². The molecule has 0 aromatic carbocycles. The number of carbonyl (C=O) groups excluding carboxylic acids is 1. The van der Waals surface area contributed by atoms with Crippen LogP contribution in [0.25, 0.3) is 0 Å². The molecule has 106 valence electrons. The fourth-order valence-electron chi connectivity index (χ4n) is 2.93. The molecule has 3 nitrogen and oxygen atoms in total. The highest BCUT2D eigenvalue weighted by molar-refractivity contribution is 7.07. The van der Waals surface area contributed by atoms with Gasteiger partial charge in [0.15, 0.2) is 0 Å². The molecule has 2 N–H and O–H groups in total. The largest absolute Gasteiger partial charge is 0.353 e. The van der Waals surface area contributed by atoms with E-state index in [-0.39, 0.29) is 17.4 Å². The topological polar surface area (TPSA) is 41.1 Å². The van der Waals surface area contributed by atoms with Crippen molar-refractivity contribution in [3.8, 4) is 0 Å². The Bertz CT molecular complexity index is 396. The minimum absolute atomic E-state index is 0.169. The van der Waals surface area contributed by atoms with Crippen LogP contribution in [0.15, 0.2) is 16.8 Å².